The molecule has 3 aliphatic rings. The summed E-state index contributed by atoms with van der Waals surface area (Å²) in [6.45, 7) is 1.69. The number of hydrogen-bond donors (Lipinski definition) is 1. The van der Waals surface area contributed by atoms with Crippen LogP contribution in [0.3, 0.4) is 0 Å². The van der Waals surface area contributed by atoms with Crippen LogP contribution in [0.25, 0.3) is 0 Å². The highest BCUT2D eigenvalue weighted by atomic mass is 16.2. The Morgan fingerprint density at radius 1 is 1.31 bits per heavy atom. The van der Waals surface area contributed by atoms with Crippen LogP contribution < -0.4 is 5.73 Å². The molecule has 29 heavy (non-hydrogen) atoms. The standard InChI is InChI=1S/C21H23N6O2/c1-25-19-18(17(8-9-24-19)26-10-4-7-16(23)13-26)27(21(29)20(25)28)12-15-6-3-2-5-14(15)11-22/h2-3,5-6,8-9,16,18H,4,7,10,12-13,23H2,1H3/q+1/t16-,18?/m1/s1. The number of piperazine rings is 1. The quantitative estimate of drug-likeness (QED) is 0.575. The maximum atomic E-state index is 13.0. The van der Waals surface area contributed by atoms with E-state index < -0.39 is 17.9 Å². The van der Waals surface area contributed by atoms with Crippen molar-refractivity contribution in [1.29, 1.82) is 5.26 Å². The Morgan fingerprint density at radius 2 is 2.10 bits per heavy atom. The van der Waals surface area contributed by atoms with Gasteiger partial charge in [0.2, 0.25) is 5.71 Å². The van der Waals surface area contributed by atoms with Gasteiger partial charge in [-0.25, -0.2) is 9.57 Å². The van der Waals surface area contributed by atoms with Gasteiger partial charge in [0.25, 0.3) is 0 Å². The highest BCUT2D eigenvalue weighted by Gasteiger charge is 2.48. The third-order valence-corrected chi connectivity index (χ3v) is 5.68. The number of piperidine rings is 1. The van der Waals surface area contributed by atoms with Gasteiger partial charge >= 0.3 is 11.8 Å². The van der Waals surface area contributed by atoms with Crippen LogP contribution in [0.2, 0.25) is 0 Å². The van der Waals surface area contributed by atoms with Crippen molar-refractivity contribution in [2.45, 2.75) is 31.5 Å². The van der Waals surface area contributed by atoms with Crippen molar-refractivity contribution >= 4 is 23.4 Å². The van der Waals surface area contributed by atoms with Crippen LogP contribution in [0.15, 0.2) is 41.5 Å². The number of hydrogen-bond acceptors (Lipinski definition) is 5. The Labute approximate surface area is 169 Å². The number of amidine groups is 1. The number of nitriles is 1. The number of fused-ring (bicyclic) bond motifs is 1. The third kappa shape index (κ3) is 3.34. The maximum Gasteiger partial charge on any atom is 0.317 e. The van der Waals surface area contributed by atoms with Crippen LogP contribution in [0.1, 0.15) is 24.0 Å². The zero-order valence-corrected chi connectivity index (χ0v) is 16.3. The van der Waals surface area contributed by atoms with Crippen molar-refractivity contribution in [1.82, 2.24) is 9.80 Å². The van der Waals surface area contributed by atoms with E-state index in [-0.39, 0.29) is 12.6 Å². The maximum absolute atomic E-state index is 13.0. The molecule has 0 saturated carbocycles. The molecule has 8 heteroatoms. The van der Waals surface area contributed by atoms with Crippen molar-refractivity contribution in [2.75, 3.05) is 20.1 Å². The molecule has 4 rings (SSSR count). The number of carbonyl (C=O) groups excluding carboxylic acids is 2. The van der Waals surface area contributed by atoms with Gasteiger partial charge in [-0.2, -0.15) is 5.26 Å². The second kappa shape index (κ2) is 7.60. The number of benzene rings is 1. The first kappa shape index (κ1) is 19.0. The van der Waals surface area contributed by atoms with Crippen LogP contribution in [0.5, 0.6) is 0 Å². The van der Waals surface area contributed by atoms with Crippen LogP contribution >= 0.6 is 0 Å². The molecule has 0 aromatic heterocycles. The van der Waals surface area contributed by atoms with Gasteiger partial charge in [-0.05, 0) is 18.1 Å². The van der Waals surface area contributed by atoms with E-state index in [2.05, 4.69) is 15.6 Å². The molecule has 0 spiro atoms. The van der Waals surface area contributed by atoms with Crippen LogP contribution in [0, 0.1) is 11.3 Å². The summed E-state index contributed by atoms with van der Waals surface area (Å²) in [5, 5.41) is 9.43. The summed E-state index contributed by atoms with van der Waals surface area (Å²) in [6, 6.07) is 8.85. The van der Waals surface area contributed by atoms with Crippen molar-refractivity contribution in [3.63, 3.8) is 0 Å². The van der Waals surface area contributed by atoms with Crippen LogP contribution in [0.4, 0.5) is 0 Å². The molecule has 1 aromatic carbocycles. The lowest BCUT2D eigenvalue weighted by atomic mass is 9.98. The zero-order chi connectivity index (χ0) is 20.5. The monoisotopic (exact) mass is 391 g/mol. The number of aliphatic imine (C=N–C) groups is 1. The van der Waals surface area contributed by atoms with E-state index in [1.807, 2.05) is 12.1 Å². The minimum absolute atomic E-state index is 0.0679. The minimum atomic E-state index is -0.626. The van der Waals surface area contributed by atoms with Crippen molar-refractivity contribution < 1.29 is 14.2 Å². The van der Waals surface area contributed by atoms with Crippen molar-refractivity contribution in [3.8, 4) is 6.07 Å². The van der Waals surface area contributed by atoms with Gasteiger partial charge in [0.05, 0.1) is 17.7 Å². The summed E-state index contributed by atoms with van der Waals surface area (Å²) in [5.74, 6) is -0.710. The molecule has 2 amide bonds. The first-order valence-electron chi connectivity index (χ1n) is 9.69. The highest BCUT2D eigenvalue weighted by molar-refractivity contribution is 6.42. The van der Waals surface area contributed by atoms with E-state index >= 15 is 0 Å². The molecule has 1 aromatic rings. The van der Waals surface area contributed by atoms with Gasteiger partial charge in [-0.15, -0.1) is 0 Å². The predicted octanol–water partition coefficient (Wildman–Crippen LogP) is 0.228. The largest absolute Gasteiger partial charge is 0.322 e. The fourth-order valence-corrected chi connectivity index (χ4v) is 4.18. The summed E-state index contributed by atoms with van der Waals surface area (Å²) in [6.07, 6.45) is 5.50. The van der Waals surface area contributed by atoms with Crippen LogP contribution in [-0.4, -0.2) is 70.0 Å². The molecule has 3 aliphatic heterocycles. The molecule has 0 bridgehead atoms. The van der Waals surface area contributed by atoms with Crippen molar-refractivity contribution in [3.05, 3.63) is 47.7 Å². The Hall–Kier alpha value is -3.31. The fraction of sp³-hybridized carbons (Fsp3) is 0.381. The second-order valence-electron chi connectivity index (χ2n) is 7.54. The van der Waals surface area contributed by atoms with Gasteiger partial charge in [0, 0.05) is 32.3 Å². The number of rotatable bonds is 2. The average Bonchev–Trinajstić information content (AvgIpc) is 2.75. The first-order valence-corrected chi connectivity index (χ1v) is 9.69. The van der Waals surface area contributed by atoms with Gasteiger partial charge in [0.15, 0.2) is 12.6 Å². The molecule has 2 fully saturated rings. The lowest BCUT2D eigenvalue weighted by Crippen LogP contribution is -2.65. The molecule has 1 unspecified atom stereocenters. The number of nitrogens with zero attached hydrogens (tertiary/aromatic N) is 5. The lowest BCUT2D eigenvalue weighted by Gasteiger charge is -2.40. The molecule has 3 heterocycles. The fourth-order valence-electron chi connectivity index (χ4n) is 4.18. The number of carbonyl (C=O) groups is 2. The molecule has 2 atom stereocenters. The minimum Gasteiger partial charge on any atom is -0.322 e. The van der Waals surface area contributed by atoms with Gasteiger partial charge < -0.3 is 10.6 Å². The van der Waals surface area contributed by atoms with E-state index in [0.717, 1.165) is 25.1 Å². The summed E-state index contributed by atoms with van der Waals surface area (Å²) in [4.78, 5) is 32.9. The van der Waals surface area contributed by atoms with E-state index in [9.17, 15) is 14.9 Å². The molecular weight excluding hydrogens is 368 g/mol. The number of nitrogens with two attached hydrogens (primary N) is 1. The second-order valence-corrected chi connectivity index (χ2v) is 7.54. The number of likely N-dealkylation sites (N-methyl/N-ethyl adjacent to an activating group) is 1. The Bertz CT molecular complexity index is 1000. The summed E-state index contributed by atoms with van der Waals surface area (Å²) in [5.41, 5.74) is 8.27. The Morgan fingerprint density at radius 3 is 2.86 bits per heavy atom. The molecule has 2 saturated heterocycles. The Kier molecular flexibility index (Phi) is 4.99. The topological polar surface area (TPSA) is 106 Å². The summed E-state index contributed by atoms with van der Waals surface area (Å²) in [7, 11) is 1.57. The van der Waals surface area contributed by atoms with E-state index in [4.69, 9.17) is 5.73 Å². The molecule has 2 N–H and O–H groups in total. The first-order chi connectivity index (χ1) is 14.0. The van der Waals surface area contributed by atoms with Crippen LogP contribution in [-0.2, 0) is 16.1 Å². The van der Waals surface area contributed by atoms with E-state index in [1.165, 1.54) is 9.80 Å². The smallest absolute Gasteiger partial charge is 0.317 e. The molecule has 148 valence electrons. The summed E-state index contributed by atoms with van der Waals surface area (Å²) < 4.78 is 2.18. The molecule has 0 radical (unpaired) electrons. The normalized spacial score (nSPS) is 26.9. The predicted molar refractivity (Wildman–Crippen MR) is 107 cm³/mol. The SMILES string of the molecule is CN1C(=O)C(=O)N(Cc2ccccc2C#N)C2C1=NC=CC2=[N+]1CCC[C@@H](N)C1. The van der Waals surface area contributed by atoms with E-state index in [1.54, 1.807) is 31.4 Å². The Balaban J connectivity index is 1.80. The van der Waals surface area contributed by atoms with E-state index in [0.29, 0.717) is 23.5 Å². The van der Waals surface area contributed by atoms with Gasteiger partial charge in [0.1, 0.15) is 12.4 Å². The van der Waals surface area contributed by atoms with Gasteiger partial charge in [-0.1, -0.05) is 18.2 Å². The van der Waals surface area contributed by atoms with Gasteiger partial charge in [-0.3, -0.25) is 14.5 Å². The highest BCUT2D eigenvalue weighted by Crippen LogP contribution is 2.23. The average molecular weight is 391 g/mol. The lowest BCUT2D eigenvalue weighted by molar-refractivity contribution is -0.540. The molecular formula is C21H23N6O2+. The molecule has 0 aliphatic carbocycles. The van der Waals surface area contributed by atoms with Crippen molar-refractivity contribution in [2.24, 2.45) is 10.7 Å². The summed E-state index contributed by atoms with van der Waals surface area (Å²) >= 11 is 0. The zero-order valence-electron chi connectivity index (χ0n) is 16.3. The molecule has 8 nitrogen and oxygen atoms in total. The number of amides is 2. The third-order valence-electron chi connectivity index (χ3n) is 5.68.